The van der Waals surface area contributed by atoms with Crippen molar-refractivity contribution in [2.24, 2.45) is 0 Å². The van der Waals surface area contributed by atoms with E-state index in [1.807, 2.05) is 70.4 Å². The molecule has 456 valence electrons. The van der Waals surface area contributed by atoms with Crippen molar-refractivity contribution in [1.82, 2.24) is 37.9 Å². The van der Waals surface area contributed by atoms with Crippen LogP contribution in [-0.2, 0) is 52.2 Å². The third kappa shape index (κ3) is 13.9. The Balaban J connectivity index is 0.000000159. The number of fused-ring (bicyclic) bond motifs is 6. The molecule has 4 saturated heterocycles. The van der Waals surface area contributed by atoms with Crippen molar-refractivity contribution in [1.29, 1.82) is 0 Å². The van der Waals surface area contributed by atoms with Gasteiger partial charge in [-0.2, -0.15) is 8.61 Å². The Labute approximate surface area is 498 Å². The predicted octanol–water partition coefficient (Wildman–Crippen LogP) is 7.58. The molecule has 85 heavy (non-hydrogen) atoms. The molecule has 6 aromatic rings. The lowest BCUT2D eigenvalue weighted by molar-refractivity contribution is -0.143. The average molecular weight is 1210 g/mol. The minimum absolute atomic E-state index is 0.0379. The van der Waals surface area contributed by atoms with E-state index >= 15 is 0 Å². The molecule has 4 aromatic heterocycles. The minimum atomic E-state index is -3.86. The smallest absolute Gasteiger partial charge is 0.329 e. The van der Waals surface area contributed by atoms with Gasteiger partial charge in [0.25, 0.3) is 0 Å². The van der Waals surface area contributed by atoms with E-state index < -0.39 is 44.7 Å². The number of carbonyl (C=O) groups excluding carboxylic acids is 1. The second-order valence-electron chi connectivity index (χ2n) is 22.7. The fraction of sp³-hybridized carbons (Fsp3) is 0.484. The molecule has 23 heteroatoms. The number of hydrogen-bond acceptors (Lipinski definition) is 15. The van der Waals surface area contributed by atoms with Crippen molar-refractivity contribution in [3.63, 3.8) is 0 Å². The maximum Gasteiger partial charge on any atom is 0.329 e. The molecule has 2 N–H and O–H groups in total. The lowest BCUT2D eigenvalue weighted by atomic mass is 9.99. The van der Waals surface area contributed by atoms with Crippen LogP contribution in [-0.4, -0.2) is 157 Å². The Morgan fingerprint density at radius 3 is 1.39 bits per heavy atom. The molecule has 4 bridgehead atoms. The summed E-state index contributed by atoms with van der Waals surface area (Å²) in [6, 6.07) is 22.5. The van der Waals surface area contributed by atoms with Crippen LogP contribution < -0.4 is 24.3 Å². The van der Waals surface area contributed by atoms with Crippen LogP contribution in [0.2, 0.25) is 0 Å². The highest BCUT2D eigenvalue weighted by molar-refractivity contribution is 7.89. The highest BCUT2D eigenvalue weighted by Gasteiger charge is 2.45. The first-order valence-electron chi connectivity index (χ1n) is 29.1. The number of sulfonamides is 2. The van der Waals surface area contributed by atoms with Crippen LogP contribution in [0, 0.1) is 27.7 Å². The zero-order chi connectivity index (χ0) is 60.0. The molecule has 0 radical (unpaired) electrons. The normalized spacial score (nSPS) is 23.5. The third-order valence-corrected chi connectivity index (χ3v) is 21.4. The molecule has 1 amide bonds. The van der Waals surface area contributed by atoms with Gasteiger partial charge < -0.3 is 52.9 Å². The van der Waals surface area contributed by atoms with Crippen LogP contribution in [0.25, 0.3) is 0 Å². The largest absolute Gasteiger partial charge is 0.497 e. The minimum Gasteiger partial charge on any atom is -0.497 e. The number of aromatic nitrogens is 4. The Kier molecular flexibility index (Phi) is 19.3. The SMILES string of the molecule is COc1cc(C)c(S(=O)(=O)N2CCn3cccc3C2COCC(=O)N2[C@@H]3CC[C@H]2CC(Oc2ccncc2)C3)c(C)c1.COc1cc(C)c(S(=O)(=O)N2CCn3cccc3C2COCC(=O)O)c(C)c1.c1cc(OC2C[C@H]3CC[C@@H](C2)N3)ccn1. The van der Waals surface area contributed by atoms with Crippen LogP contribution in [0.3, 0.4) is 0 Å². The molecular formula is C62H78N8O13S2. The maximum absolute atomic E-state index is 14.1. The van der Waals surface area contributed by atoms with Gasteiger partial charge in [0, 0.05) is 112 Å². The molecule has 6 aliphatic heterocycles. The molecule has 2 aromatic carbocycles. The van der Waals surface area contributed by atoms with Gasteiger partial charge in [-0.15, -0.1) is 0 Å². The summed E-state index contributed by atoms with van der Waals surface area (Å²) < 4.78 is 96.4. The number of aryl methyl sites for hydroxylation is 4. The highest BCUT2D eigenvalue weighted by atomic mass is 32.2. The van der Waals surface area contributed by atoms with Gasteiger partial charge >= 0.3 is 5.97 Å². The van der Waals surface area contributed by atoms with Gasteiger partial charge in [-0.1, -0.05) is 0 Å². The molecule has 10 heterocycles. The van der Waals surface area contributed by atoms with E-state index in [0.29, 0.717) is 71.6 Å². The first-order chi connectivity index (χ1) is 40.9. The number of amides is 1. The third-order valence-electron chi connectivity index (χ3n) is 17.0. The number of aliphatic carboxylic acids is 1. The molecule has 4 unspecified atom stereocenters. The summed E-state index contributed by atoms with van der Waals surface area (Å²) in [6.45, 7) is 8.19. The lowest BCUT2D eigenvalue weighted by Crippen LogP contribution is -2.50. The first kappa shape index (κ1) is 61.2. The molecular weight excluding hydrogens is 1130 g/mol. The summed E-state index contributed by atoms with van der Waals surface area (Å²) in [4.78, 5) is 34.8. The second-order valence-corrected chi connectivity index (χ2v) is 26.4. The van der Waals surface area contributed by atoms with Gasteiger partial charge in [0.15, 0.2) is 0 Å². The Hall–Kier alpha value is -6.86. The van der Waals surface area contributed by atoms with E-state index in [1.54, 1.807) is 83.9 Å². The predicted molar refractivity (Wildman–Crippen MR) is 316 cm³/mol. The van der Waals surface area contributed by atoms with Crippen molar-refractivity contribution >= 4 is 31.9 Å². The van der Waals surface area contributed by atoms with Crippen LogP contribution >= 0.6 is 0 Å². The summed E-state index contributed by atoms with van der Waals surface area (Å²) in [5.41, 5.74) is 4.11. The zero-order valence-electron chi connectivity index (χ0n) is 49.1. The lowest BCUT2D eigenvalue weighted by Gasteiger charge is -2.39. The van der Waals surface area contributed by atoms with Crippen LogP contribution in [0.5, 0.6) is 23.0 Å². The summed E-state index contributed by atoms with van der Waals surface area (Å²) in [5, 5.41) is 12.5. The van der Waals surface area contributed by atoms with Crippen molar-refractivity contribution in [3.8, 4) is 23.0 Å². The summed E-state index contributed by atoms with van der Waals surface area (Å²) >= 11 is 0. The zero-order valence-corrected chi connectivity index (χ0v) is 50.8. The fourth-order valence-corrected chi connectivity index (χ4v) is 17.4. The number of rotatable bonds is 18. The molecule has 12 rings (SSSR count). The Bertz CT molecular complexity index is 3440. The second kappa shape index (κ2) is 26.8. The Morgan fingerprint density at radius 1 is 0.565 bits per heavy atom. The number of piperidine rings is 2. The van der Waals surface area contributed by atoms with Crippen molar-refractivity contribution in [3.05, 3.63) is 144 Å². The number of carboxylic acids is 1. The van der Waals surface area contributed by atoms with Crippen LogP contribution in [0.15, 0.2) is 120 Å². The monoisotopic (exact) mass is 1210 g/mol. The molecule has 6 aliphatic rings. The molecule has 8 atom stereocenters. The van der Waals surface area contributed by atoms with E-state index in [9.17, 15) is 26.4 Å². The van der Waals surface area contributed by atoms with E-state index in [-0.39, 0.29) is 60.3 Å². The quantitative estimate of drug-likeness (QED) is 0.0844. The standard InChI is InChI=1S/C31H38N4O6S.C19H24N2O6S.C12H16N2O/c1-21-15-26(39-3)16-22(2)31(21)42(37,38)34-14-13-33-12-4-5-28(33)29(34)19-40-20-30(36)35-23-6-7-24(35)18-27(17-23)41-25-8-10-32-11-9-25;1-13-9-15(26-3)10-14(2)19(13)28(24,25)21-8-7-20-6-4-5-16(20)17(21)11-27-12-18(22)23;1-2-10-8-12(7-9(1)14-10)15-11-3-5-13-6-4-11/h4-5,8-12,15-16,23-24,27,29H,6-7,13-14,17-20H2,1-3H3;4-6,9-10,17H,7-8,11-12H2,1-3H3,(H,22,23);3-6,9-10,12,14H,1-2,7-8H2/t23-,24+,27?,29?;;9-,10+,12?. The molecule has 0 saturated carbocycles. The number of hydrogen-bond donors (Lipinski definition) is 2. The number of carboxylic acid groups (broad SMARTS) is 1. The van der Waals surface area contributed by atoms with Crippen molar-refractivity contribution in [2.75, 3.05) is 53.7 Å². The number of nitrogens with one attached hydrogen (secondary N) is 1. The van der Waals surface area contributed by atoms with Gasteiger partial charge in [0.1, 0.15) is 48.4 Å². The maximum atomic E-state index is 14.1. The molecule has 0 spiro atoms. The van der Waals surface area contributed by atoms with E-state index in [1.165, 1.54) is 28.6 Å². The Morgan fingerprint density at radius 2 is 0.976 bits per heavy atom. The van der Waals surface area contributed by atoms with Crippen molar-refractivity contribution < 1.29 is 60.0 Å². The number of methoxy groups -OCH3 is 2. The molecule has 0 aliphatic carbocycles. The fourth-order valence-electron chi connectivity index (χ4n) is 13.4. The van der Waals surface area contributed by atoms with E-state index in [4.69, 9.17) is 33.5 Å². The molecule has 4 fully saturated rings. The van der Waals surface area contributed by atoms with E-state index in [0.717, 1.165) is 61.4 Å². The van der Waals surface area contributed by atoms with Gasteiger partial charge in [-0.05, 0) is 161 Å². The number of nitrogens with zero attached hydrogens (tertiary/aromatic N) is 7. The number of ether oxygens (including phenoxy) is 6. The summed E-state index contributed by atoms with van der Waals surface area (Å²) in [6.07, 6.45) is 19.7. The number of pyridine rings is 2. The topological polar surface area (TPSA) is 235 Å². The van der Waals surface area contributed by atoms with Crippen LogP contribution in [0.4, 0.5) is 0 Å². The van der Waals surface area contributed by atoms with Crippen LogP contribution in [0.1, 0.15) is 97.1 Å². The first-order valence-corrected chi connectivity index (χ1v) is 32.0. The number of benzene rings is 2. The molecule has 21 nitrogen and oxygen atoms in total. The number of carbonyl (C=O) groups is 2. The summed E-state index contributed by atoms with van der Waals surface area (Å²) in [7, 11) is -4.58. The highest BCUT2D eigenvalue weighted by Crippen LogP contribution is 2.40. The van der Waals surface area contributed by atoms with Gasteiger partial charge in [0.05, 0.1) is 49.3 Å². The summed E-state index contributed by atoms with van der Waals surface area (Å²) in [5.74, 6) is 1.83. The van der Waals surface area contributed by atoms with Gasteiger partial charge in [-0.3, -0.25) is 14.8 Å². The van der Waals surface area contributed by atoms with Crippen molar-refractivity contribution in [2.45, 2.75) is 150 Å². The van der Waals surface area contributed by atoms with Gasteiger partial charge in [-0.25, -0.2) is 21.6 Å². The van der Waals surface area contributed by atoms with Gasteiger partial charge in [0.2, 0.25) is 26.0 Å². The average Bonchev–Trinajstić information content (AvgIpc) is 2.19. The van der Waals surface area contributed by atoms with E-state index in [2.05, 4.69) is 19.9 Å².